The first-order chi connectivity index (χ1) is 10.7. The van der Waals surface area contributed by atoms with Gasteiger partial charge in [0.05, 0.1) is 0 Å². The monoisotopic (exact) mass is 333 g/mol. The molecule has 2 aromatic rings. The fourth-order valence-corrected chi connectivity index (χ4v) is 4.21. The van der Waals surface area contributed by atoms with Gasteiger partial charge >= 0.3 is 0 Å². The Hall–Kier alpha value is -1.44. The molecule has 124 valence electrons. The average Bonchev–Trinajstić information content (AvgIpc) is 2.44. The number of para-hydroxylation sites is 1. The third-order valence-electron chi connectivity index (χ3n) is 3.91. The molecule has 2 aromatic carbocycles. The molecule has 0 aliphatic rings. The van der Waals surface area contributed by atoms with Crippen LogP contribution in [0.25, 0.3) is 0 Å². The molecule has 1 atom stereocenters. The van der Waals surface area contributed by atoms with E-state index in [2.05, 4.69) is 13.8 Å². The average molecular weight is 333 g/mol. The fourth-order valence-electron chi connectivity index (χ4n) is 2.72. The molecule has 0 aromatic heterocycles. The zero-order valence-corrected chi connectivity index (χ0v) is 15.4. The van der Waals surface area contributed by atoms with E-state index in [1.54, 1.807) is 6.07 Å². The van der Waals surface area contributed by atoms with Crippen LogP contribution >= 0.6 is 8.58 Å². The van der Waals surface area contributed by atoms with Gasteiger partial charge in [0.1, 0.15) is 11.6 Å². The van der Waals surface area contributed by atoms with Crippen LogP contribution in [0.3, 0.4) is 0 Å². The second-order valence-electron chi connectivity index (χ2n) is 6.76. The number of hydrogen-bond donors (Lipinski definition) is 1. The molecule has 0 radical (unpaired) electrons. The van der Waals surface area contributed by atoms with Crippen molar-refractivity contribution in [3.8, 4) is 5.75 Å². The summed E-state index contributed by atoms with van der Waals surface area (Å²) in [6, 6.07) is 10.9. The van der Waals surface area contributed by atoms with Crippen molar-refractivity contribution in [1.82, 2.24) is 4.90 Å². The molecule has 0 heterocycles. The van der Waals surface area contributed by atoms with Gasteiger partial charge in [-0.05, 0) is 49.6 Å². The zero-order chi connectivity index (χ0) is 17.2. The minimum absolute atomic E-state index is 0.202. The molecule has 0 saturated carbocycles. The number of halogens is 1. The first-order valence-electron chi connectivity index (χ1n) is 7.71. The Balaban J connectivity index is 2.39. The van der Waals surface area contributed by atoms with Crippen molar-refractivity contribution in [3.05, 3.63) is 58.9 Å². The van der Waals surface area contributed by atoms with Crippen LogP contribution in [0.1, 0.15) is 30.5 Å². The first kappa shape index (κ1) is 17.9. The highest BCUT2D eigenvalue weighted by molar-refractivity contribution is 7.48. The molecule has 0 amide bonds. The Labute approximate surface area is 140 Å². The third kappa shape index (κ3) is 4.31. The van der Waals surface area contributed by atoms with E-state index in [1.165, 1.54) is 6.07 Å². The Morgan fingerprint density at radius 3 is 2.52 bits per heavy atom. The predicted molar refractivity (Wildman–Crippen MR) is 97.6 cm³/mol. The fraction of sp³-hybridized carbons (Fsp3) is 0.368. The Kier molecular flexibility index (Phi) is 5.44. The molecular weight excluding hydrogens is 308 g/mol. The molecule has 1 N–H and O–H groups in total. The van der Waals surface area contributed by atoms with E-state index < -0.39 is 0 Å². The largest absolute Gasteiger partial charge is 0.507 e. The quantitative estimate of drug-likeness (QED) is 0.831. The number of benzene rings is 2. The molecule has 0 fully saturated rings. The van der Waals surface area contributed by atoms with Gasteiger partial charge in [0.2, 0.25) is 0 Å². The molecular formula is C19H25FNOP. The topological polar surface area (TPSA) is 23.5 Å². The van der Waals surface area contributed by atoms with Crippen LogP contribution in [-0.2, 0) is 11.7 Å². The van der Waals surface area contributed by atoms with E-state index in [-0.39, 0.29) is 11.0 Å². The Morgan fingerprint density at radius 2 is 1.87 bits per heavy atom. The summed E-state index contributed by atoms with van der Waals surface area (Å²) < 4.78 is 13.6. The van der Waals surface area contributed by atoms with Crippen LogP contribution in [-0.4, -0.2) is 24.1 Å². The maximum absolute atomic E-state index is 13.6. The second-order valence-corrected chi connectivity index (χ2v) is 8.80. The van der Waals surface area contributed by atoms with Crippen molar-refractivity contribution in [2.75, 3.05) is 14.1 Å². The summed E-state index contributed by atoms with van der Waals surface area (Å²) in [6.07, 6.45) is 0. The molecule has 0 bridgehead atoms. The predicted octanol–water partition coefficient (Wildman–Crippen LogP) is 4.14. The van der Waals surface area contributed by atoms with Gasteiger partial charge < -0.3 is 10.0 Å². The minimum atomic E-state index is -0.213. The van der Waals surface area contributed by atoms with Crippen molar-refractivity contribution >= 4 is 13.9 Å². The smallest absolute Gasteiger partial charge is 0.123 e. The van der Waals surface area contributed by atoms with Crippen molar-refractivity contribution < 1.29 is 9.50 Å². The Morgan fingerprint density at radius 1 is 1.17 bits per heavy atom. The number of hydrogen-bond acceptors (Lipinski definition) is 2. The van der Waals surface area contributed by atoms with Crippen molar-refractivity contribution in [3.63, 3.8) is 0 Å². The van der Waals surface area contributed by atoms with E-state index in [0.29, 0.717) is 20.9 Å². The van der Waals surface area contributed by atoms with Crippen LogP contribution in [0, 0.1) is 12.7 Å². The first-order valence-corrected chi connectivity index (χ1v) is 8.71. The van der Waals surface area contributed by atoms with Gasteiger partial charge in [-0.15, -0.1) is 0 Å². The highest BCUT2D eigenvalue weighted by Crippen LogP contribution is 2.45. The number of aryl methyl sites for hydroxylation is 1. The third-order valence-corrected chi connectivity index (χ3v) is 5.56. The summed E-state index contributed by atoms with van der Waals surface area (Å²) in [7, 11) is 4.41. The Bertz CT molecular complexity index is 698. The number of phenols is 1. The van der Waals surface area contributed by atoms with E-state index in [0.717, 1.165) is 22.0 Å². The van der Waals surface area contributed by atoms with Crippen LogP contribution < -0.4 is 5.30 Å². The van der Waals surface area contributed by atoms with Crippen LogP contribution in [0.2, 0.25) is 0 Å². The van der Waals surface area contributed by atoms with Gasteiger partial charge in [0, 0.05) is 17.3 Å². The number of rotatable bonds is 5. The highest BCUT2D eigenvalue weighted by Gasteiger charge is 2.26. The van der Waals surface area contributed by atoms with E-state index in [1.807, 2.05) is 50.2 Å². The molecule has 0 spiro atoms. The van der Waals surface area contributed by atoms with E-state index in [4.69, 9.17) is 0 Å². The summed E-state index contributed by atoms with van der Waals surface area (Å²) in [5.74, 6) is 0.160. The van der Waals surface area contributed by atoms with Gasteiger partial charge in [0.15, 0.2) is 0 Å². The van der Waals surface area contributed by atoms with Gasteiger partial charge in [-0.2, -0.15) is 0 Å². The van der Waals surface area contributed by atoms with Crippen LogP contribution in [0.4, 0.5) is 4.39 Å². The van der Waals surface area contributed by atoms with Crippen molar-refractivity contribution in [1.29, 1.82) is 0 Å². The lowest BCUT2D eigenvalue weighted by molar-refractivity contribution is 0.402. The minimum Gasteiger partial charge on any atom is -0.507 e. The highest BCUT2D eigenvalue weighted by atomic mass is 31.1. The maximum atomic E-state index is 13.6. The number of aromatic hydroxyl groups is 1. The van der Waals surface area contributed by atoms with Gasteiger partial charge in [-0.1, -0.05) is 46.7 Å². The summed E-state index contributed by atoms with van der Waals surface area (Å²) in [5.41, 5.74) is 2.83. The second kappa shape index (κ2) is 6.98. The normalized spacial score (nSPS) is 12.5. The molecule has 4 heteroatoms. The summed E-state index contributed by atoms with van der Waals surface area (Å²) >= 11 is 0. The van der Waals surface area contributed by atoms with Crippen LogP contribution in [0.15, 0.2) is 36.4 Å². The van der Waals surface area contributed by atoms with Gasteiger partial charge in [-0.3, -0.25) is 0 Å². The standard InChI is InChI=1S/C19H25FNOP/c1-13-7-6-8-16(18(13)22)19(2,3)23-17-10-9-15(20)11-14(17)12-21(4)5/h6-11,22-23H,12H2,1-5H3. The van der Waals surface area contributed by atoms with Crippen molar-refractivity contribution in [2.45, 2.75) is 32.5 Å². The molecule has 0 saturated heterocycles. The maximum Gasteiger partial charge on any atom is 0.123 e. The van der Waals surface area contributed by atoms with Crippen molar-refractivity contribution in [2.24, 2.45) is 0 Å². The van der Waals surface area contributed by atoms with E-state index >= 15 is 0 Å². The summed E-state index contributed by atoms with van der Waals surface area (Å²) in [6.45, 7) is 6.87. The summed E-state index contributed by atoms with van der Waals surface area (Å²) in [4.78, 5) is 2.04. The van der Waals surface area contributed by atoms with Gasteiger partial charge in [0.25, 0.3) is 0 Å². The molecule has 2 rings (SSSR count). The number of nitrogens with zero attached hydrogens (tertiary/aromatic N) is 1. The summed E-state index contributed by atoms with van der Waals surface area (Å²) in [5, 5.41) is 11.3. The lowest BCUT2D eigenvalue weighted by Crippen LogP contribution is -2.21. The molecule has 1 unspecified atom stereocenters. The van der Waals surface area contributed by atoms with Gasteiger partial charge in [-0.25, -0.2) is 4.39 Å². The number of phenolic OH excluding ortho intramolecular Hbond substituents is 1. The lowest BCUT2D eigenvalue weighted by atomic mass is 9.99. The van der Waals surface area contributed by atoms with E-state index in [9.17, 15) is 9.50 Å². The SMILES string of the molecule is Cc1cccc(C(C)(C)Pc2ccc(F)cc2CN(C)C)c1O. The molecule has 0 aliphatic heterocycles. The molecule has 0 aliphatic carbocycles. The zero-order valence-electron chi connectivity index (χ0n) is 14.4. The molecule has 2 nitrogen and oxygen atoms in total. The lowest BCUT2D eigenvalue weighted by Gasteiger charge is -2.28. The molecule has 23 heavy (non-hydrogen) atoms. The van der Waals surface area contributed by atoms with Crippen LogP contribution in [0.5, 0.6) is 5.75 Å².